The first kappa shape index (κ1) is 24.3. The lowest BCUT2D eigenvalue weighted by Gasteiger charge is -2.32. The van der Waals surface area contributed by atoms with Crippen molar-refractivity contribution in [3.63, 3.8) is 0 Å². The zero-order chi connectivity index (χ0) is 25.0. The Morgan fingerprint density at radius 1 is 0.914 bits per heavy atom. The summed E-state index contributed by atoms with van der Waals surface area (Å²) in [6.07, 6.45) is -3.29. The Morgan fingerprint density at radius 2 is 1.60 bits per heavy atom. The number of anilines is 1. The van der Waals surface area contributed by atoms with Gasteiger partial charge in [-0.05, 0) is 48.9 Å². The quantitative estimate of drug-likeness (QED) is 0.489. The minimum atomic E-state index is -4.53. The Morgan fingerprint density at radius 3 is 2.29 bits per heavy atom. The third-order valence-electron chi connectivity index (χ3n) is 5.94. The fourth-order valence-electron chi connectivity index (χ4n) is 3.96. The van der Waals surface area contributed by atoms with E-state index >= 15 is 0 Å². The summed E-state index contributed by atoms with van der Waals surface area (Å²) in [7, 11) is 0. The Bertz CT molecular complexity index is 1200. The molecule has 1 N–H and O–H groups in total. The second kappa shape index (κ2) is 10.2. The van der Waals surface area contributed by atoms with Crippen LogP contribution in [0.2, 0.25) is 0 Å². The van der Waals surface area contributed by atoms with Gasteiger partial charge in [0.05, 0.1) is 5.56 Å². The first-order chi connectivity index (χ1) is 16.7. The van der Waals surface area contributed by atoms with E-state index < -0.39 is 17.6 Å². The maximum Gasteiger partial charge on any atom is 0.416 e. The predicted molar refractivity (Wildman–Crippen MR) is 127 cm³/mol. The predicted octanol–water partition coefficient (Wildman–Crippen LogP) is 5.95. The molecule has 0 saturated carbocycles. The van der Waals surface area contributed by atoms with Crippen molar-refractivity contribution in [1.29, 1.82) is 0 Å². The van der Waals surface area contributed by atoms with Gasteiger partial charge in [-0.1, -0.05) is 30.3 Å². The molecule has 35 heavy (non-hydrogen) atoms. The fourth-order valence-corrected chi connectivity index (χ4v) is 3.96. The van der Waals surface area contributed by atoms with Crippen LogP contribution in [0.25, 0.3) is 0 Å². The smallest absolute Gasteiger partial charge is 0.416 e. The van der Waals surface area contributed by atoms with Gasteiger partial charge in [0.15, 0.2) is 0 Å². The number of likely N-dealkylation sites (tertiary alicyclic amines) is 1. The summed E-state index contributed by atoms with van der Waals surface area (Å²) in [5.74, 6) is -0.0575. The number of piperidine rings is 1. The highest BCUT2D eigenvalue weighted by molar-refractivity contribution is 6.04. The van der Waals surface area contributed by atoms with Crippen LogP contribution < -0.4 is 10.1 Å². The van der Waals surface area contributed by atoms with Gasteiger partial charge in [-0.3, -0.25) is 9.59 Å². The van der Waals surface area contributed by atoms with Crippen molar-refractivity contribution in [3.8, 4) is 5.75 Å². The van der Waals surface area contributed by atoms with Crippen molar-refractivity contribution in [2.24, 2.45) is 0 Å². The number of halogens is 3. The summed E-state index contributed by atoms with van der Waals surface area (Å²) < 4.78 is 45.1. The van der Waals surface area contributed by atoms with Crippen molar-refractivity contribution in [1.82, 2.24) is 4.90 Å². The molecule has 182 valence electrons. The van der Waals surface area contributed by atoms with Crippen LogP contribution >= 0.6 is 0 Å². The number of carbonyl (C=O) groups is 2. The minimum absolute atomic E-state index is 0.000433. The normalized spacial score (nSPS) is 14.5. The molecule has 3 aromatic rings. The van der Waals surface area contributed by atoms with E-state index in [0.29, 0.717) is 42.9 Å². The molecule has 5 nitrogen and oxygen atoms in total. The summed E-state index contributed by atoms with van der Waals surface area (Å²) in [4.78, 5) is 27.0. The average molecular weight is 483 g/mol. The number of nitrogens with one attached hydrogen (secondary N) is 1. The minimum Gasteiger partial charge on any atom is -0.490 e. The van der Waals surface area contributed by atoms with E-state index in [-0.39, 0.29) is 17.6 Å². The van der Waals surface area contributed by atoms with Crippen molar-refractivity contribution in [2.45, 2.75) is 32.0 Å². The fraction of sp³-hybridized carbons (Fsp3) is 0.259. The number of nitrogens with zero attached hydrogens (tertiary/aromatic N) is 1. The van der Waals surface area contributed by atoms with E-state index in [2.05, 4.69) is 5.32 Å². The SMILES string of the molecule is Cc1ccc(NC(=O)c2cccc(C(F)(F)F)c2)cc1OC1CCN(C(=O)c2ccccc2)CC1. The number of alkyl halides is 3. The molecule has 1 aliphatic heterocycles. The van der Waals surface area contributed by atoms with Gasteiger partial charge >= 0.3 is 6.18 Å². The number of rotatable bonds is 5. The van der Waals surface area contributed by atoms with Crippen LogP contribution in [0, 0.1) is 6.92 Å². The highest BCUT2D eigenvalue weighted by atomic mass is 19.4. The zero-order valence-electron chi connectivity index (χ0n) is 19.1. The first-order valence-electron chi connectivity index (χ1n) is 11.3. The Hall–Kier alpha value is -3.81. The van der Waals surface area contributed by atoms with Crippen molar-refractivity contribution in [3.05, 3.63) is 95.1 Å². The second-order valence-corrected chi connectivity index (χ2v) is 8.49. The molecule has 1 fully saturated rings. The maximum absolute atomic E-state index is 13.0. The highest BCUT2D eigenvalue weighted by Gasteiger charge is 2.31. The van der Waals surface area contributed by atoms with Gasteiger partial charge in [-0.15, -0.1) is 0 Å². The maximum atomic E-state index is 13.0. The summed E-state index contributed by atoms with van der Waals surface area (Å²) in [5, 5.41) is 2.64. The number of benzene rings is 3. The molecule has 0 bridgehead atoms. The summed E-state index contributed by atoms with van der Waals surface area (Å²) in [6, 6.07) is 18.6. The van der Waals surface area contributed by atoms with Crippen LogP contribution in [0.1, 0.15) is 44.7 Å². The molecule has 1 heterocycles. The molecule has 0 radical (unpaired) electrons. The standard InChI is InChI=1S/C27H25F3N2O3/c1-18-10-11-22(31-25(33)20-8-5-9-21(16-20)27(28,29)30)17-24(18)35-23-12-14-32(15-13-23)26(34)19-6-3-2-4-7-19/h2-11,16-17,23H,12-15H2,1H3,(H,31,33). The van der Waals surface area contributed by atoms with Crippen LogP contribution in [-0.4, -0.2) is 35.9 Å². The van der Waals surface area contributed by atoms with E-state index in [0.717, 1.165) is 17.7 Å². The van der Waals surface area contributed by atoms with Gasteiger partial charge in [0.2, 0.25) is 0 Å². The summed E-state index contributed by atoms with van der Waals surface area (Å²) in [6.45, 7) is 3.02. The lowest BCUT2D eigenvalue weighted by molar-refractivity contribution is -0.137. The van der Waals surface area contributed by atoms with E-state index in [4.69, 9.17) is 4.74 Å². The number of hydrogen-bond donors (Lipinski definition) is 1. The number of ether oxygens (including phenoxy) is 1. The van der Waals surface area contributed by atoms with Crippen molar-refractivity contribution < 1.29 is 27.5 Å². The number of hydrogen-bond acceptors (Lipinski definition) is 3. The average Bonchev–Trinajstić information content (AvgIpc) is 2.86. The monoisotopic (exact) mass is 482 g/mol. The molecule has 4 rings (SSSR count). The van der Waals surface area contributed by atoms with Crippen LogP contribution in [0.15, 0.2) is 72.8 Å². The second-order valence-electron chi connectivity index (χ2n) is 8.49. The highest BCUT2D eigenvalue weighted by Crippen LogP contribution is 2.30. The molecule has 0 atom stereocenters. The molecule has 3 aromatic carbocycles. The zero-order valence-corrected chi connectivity index (χ0v) is 19.1. The third-order valence-corrected chi connectivity index (χ3v) is 5.94. The third kappa shape index (κ3) is 6.01. The van der Waals surface area contributed by atoms with E-state index in [1.807, 2.05) is 30.0 Å². The molecule has 2 amide bonds. The van der Waals surface area contributed by atoms with Crippen LogP contribution in [-0.2, 0) is 6.18 Å². The lowest BCUT2D eigenvalue weighted by atomic mass is 10.1. The Kier molecular flexibility index (Phi) is 7.10. The molecule has 0 spiro atoms. The lowest BCUT2D eigenvalue weighted by Crippen LogP contribution is -2.41. The van der Waals surface area contributed by atoms with Gasteiger partial charge < -0.3 is 15.0 Å². The first-order valence-corrected chi connectivity index (χ1v) is 11.3. The van der Waals surface area contributed by atoms with Gasteiger partial charge in [0, 0.05) is 48.8 Å². The van der Waals surface area contributed by atoms with Gasteiger partial charge in [-0.2, -0.15) is 13.2 Å². The number of carbonyl (C=O) groups excluding carboxylic acids is 2. The van der Waals surface area contributed by atoms with Crippen LogP contribution in [0.5, 0.6) is 5.75 Å². The molecule has 1 aliphatic rings. The molecule has 0 aromatic heterocycles. The van der Waals surface area contributed by atoms with E-state index in [1.54, 1.807) is 30.3 Å². The largest absolute Gasteiger partial charge is 0.490 e. The van der Waals surface area contributed by atoms with Gasteiger partial charge in [-0.25, -0.2) is 0 Å². The molecular formula is C27H25F3N2O3. The number of aryl methyl sites for hydroxylation is 1. The summed E-state index contributed by atoms with van der Waals surface area (Å²) in [5.41, 5.74) is 0.981. The van der Waals surface area contributed by atoms with Crippen molar-refractivity contribution in [2.75, 3.05) is 18.4 Å². The molecular weight excluding hydrogens is 457 g/mol. The topological polar surface area (TPSA) is 58.6 Å². The summed E-state index contributed by atoms with van der Waals surface area (Å²) >= 11 is 0. The molecule has 0 aliphatic carbocycles. The van der Waals surface area contributed by atoms with Crippen LogP contribution in [0.4, 0.5) is 18.9 Å². The number of amides is 2. The van der Waals surface area contributed by atoms with Crippen molar-refractivity contribution >= 4 is 17.5 Å². The van der Waals surface area contributed by atoms with Gasteiger partial charge in [0.25, 0.3) is 11.8 Å². The van der Waals surface area contributed by atoms with Gasteiger partial charge in [0.1, 0.15) is 11.9 Å². The molecule has 0 unspecified atom stereocenters. The Balaban J connectivity index is 1.38. The molecule has 8 heteroatoms. The van der Waals surface area contributed by atoms with Crippen LogP contribution in [0.3, 0.4) is 0 Å². The molecule has 1 saturated heterocycles. The Labute approximate surface area is 201 Å². The van der Waals surface area contributed by atoms with E-state index in [1.165, 1.54) is 12.1 Å². The van der Waals surface area contributed by atoms with E-state index in [9.17, 15) is 22.8 Å².